The standard InChI is InChI=1S/C11H17N3O4/c1-11(17,5-6-18-2)7-12-9-4-3-8(10(15)16)13-14-9/h3-4,17H,5-7H2,1-2H3,(H,12,14)(H,15,16). The lowest BCUT2D eigenvalue weighted by molar-refractivity contribution is 0.0356. The average molecular weight is 255 g/mol. The van der Waals surface area contributed by atoms with Crippen molar-refractivity contribution in [2.24, 2.45) is 0 Å². The fourth-order valence-corrected chi connectivity index (χ4v) is 1.23. The zero-order valence-electron chi connectivity index (χ0n) is 10.4. The summed E-state index contributed by atoms with van der Waals surface area (Å²) in [7, 11) is 1.57. The van der Waals surface area contributed by atoms with Crippen LogP contribution in [0.25, 0.3) is 0 Å². The minimum Gasteiger partial charge on any atom is -0.476 e. The van der Waals surface area contributed by atoms with Gasteiger partial charge in [-0.25, -0.2) is 4.79 Å². The lowest BCUT2D eigenvalue weighted by Gasteiger charge is -2.23. The number of carbonyl (C=O) groups is 1. The highest BCUT2D eigenvalue weighted by Gasteiger charge is 2.19. The normalized spacial score (nSPS) is 13.9. The molecule has 1 atom stereocenters. The lowest BCUT2D eigenvalue weighted by atomic mass is 10.0. The Morgan fingerprint density at radius 2 is 2.22 bits per heavy atom. The van der Waals surface area contributed by atoms with Crippen LogP contribution in [-0.4, -0.2) is 52.2 Å². The van der Waals surface area contributed by atoms with Crippen molar-refractivity contribution in [3.8, 4) is 0 Å². The van der Waals surface area contributed by atoms with E-state index in [1.165, 1.54) is 12.1 Å². The number of nitrogens with one attached hydrogen (secondary N) is 1. The summed E-state index contributed by atoms with van der Waals surface area (Å²) in [6, 6.07) is 2.85. The van der Waals surface area contributed by atoms with Crippen molar-refractivity contribution in [2.45, 2.75) is 18.9 Å². The van der Waals surface area contributed by atoms with Crippen LogP contribution in [-0.2, 0) is 4.74 Å². The second-order valence-corrected chi connectivity index (χ2v) is 4.20. The van der Waals surface area contributed by atoms with E-state index >= 15 is 0 Å². The van der Waals surface area contributed by atoms with E-state index in [9.17, 15) is 9.90 Å². The number of hydrogen-bond donors (Lipinski definition) is 3. The van der Waals surface area contributed by atoms with E-state index in [1.807, 2.05) is 0 Å². The van der Waals surface area contributed by atoms with Crippen molar-refractivity contribution in [3.63, 3.8) is 0 Å². The molecule has 100 valence electrons. The van der Waals surface area contributed by atoms with Gasteiger partial charge in [0.15, 0.2) is 5.69 Å². The third-order valence-corrected chi connectivity index (χ3v) is 2.38. The number of aromatic carboxylic acids is 1. The summed E-state index contributed by atoms with van der Waals surface area (Å²) >= 11 is 0. The molecule has 1 rings (SSSR count). The molecule has 0 aliphatic rings. The van der Waals surface area contributed by atoms with Crippen LogP contribution in [0.15, 0.2) is 12.1 Å². The highest BCUT2D eigenvalue weighted by atomic mass is 16.5. The van der Waals surface area contributed by atoms with Gasteiger partial charge in [0.05, 0.1) is 5.60 Å². The van der Waals surface area contributed by atoms with Gasteiger partial charge >= 0.3 is 5.97 Å². The molecule has 0 aromatic carbocycles. The molecule has 1 unspecified atom stereocenters. The van der Waals surface area contributed by atoms with E-state index < -0.39 is 11.6 Å². The predicted molar refractivity (Wildman–Crippen MR) is 64.6 cm³/mol. The minimum absolute atomic E-state index is 0.119. The fourth-order valence-electron chi connectivity index (χ4n) is 1.23. The Kier molecular flexibility index (Phi) is 4.99. The summed E-state index contributed by atoms with van der Waals surface area (Å²) in [6.07, 6.45) is 0.483. The lowest BCUT2D eigenvalue weighted by Crippen LogP contribution is -2.34. The number of methoxy groups -OCH3 is 1. The Labute approximate surface area is 105 Å². The van der Waals surface area contributed by atoms with Crippen LogP contribution >= 0.6 is 0 Å². The van der Waals surface area contributed by atoms with Crippen LogP contribution in [0.5, 0.6) is 0 Å². The maximum absolute atomic E-state index is 10.6. The first kappa shape index (κ1) is 14.3. The van der Waals surface area contributed by atoms with Gasteiger partial charge in [-0.15, -0.1) is 10.2 Å². The molecule has 1 aromatic rings. The molecule has 0 fully saturated rings. The van der Waals surface area contributed by atoms with Gasteiger partial charge in [-0.1, -0.05) is 0 Å². The second-order valence-electron chi connectivity index (χ2n) is 4.20. The third kappa shape index (κ3) is 4.64. The van der Waals surface area contributed by atoms with Crippen LogP contribution in [0, 0.1) is 0 Å². The van der Waals surface area contributed by atoms with Crippen molar-refractivity contribution >= 4 is 11.8 Å². The zero-order valence-corrected chi connectivity index (χ0v) is 10.4. The van der Waals surface area contributed by atoms with E-state index in [0.717, 1.165) is 0 Å². The number of rotatable bonds is 7. The molecule has 0 radical (unpaired) electrons. The van der Waals surface area contributed by atoms with Crippen LogP contribution < -0.4 is 5.32 Å². The van der Waals surface area contributed by atoms with Crippen LogP contribution in [0.4, 0.5) is 5.82 Å². The Bertz CT molecular complexity index is 392. The molecule has 7 heteroatoms. The maximum atomic E-state index is 10.6. The molecule has 0 spiro atoms. The van der Waals surface area contributed by atoms with Gasteiger partial charge in [0.25, 0.3) is 0 Å². The Morgan fingerprint density at radius 3 is 2.72 bits per heavy atom. The van der Waals surface area contributed by atoms with E-state index in [1.54, 1.807) is 14.0 Å². The van der Waals surface area contributed by atoms with Gasteiger partial charge in [0.1, 0.15) is 5.82 Å². The summed E-state index contributed by atoms with van der Waals surface area (Å²) in [6.45, 7) is 2.41. The molecule has 1 aromatic heterocycles. The molecule has 0 amide bonds. The highest BCUT2D eigenvalue weighted by Crippen LogP contribution is 2.11. The number of aliphatic hydroxyl groups is 1. The van der Waals surface area contributed by atoms with E-state index in [4.69, 9.17) is 9.84 Å². The number of ether oxygens (including phenoxy) is 1. The SMILES string of the molecule is COCCC(C)(O)CNc1ccc(C(=O)O)nn1. The molecular formula is C11H17N3O4. The van der Waals surface area contributed by atoms with Crippen LogP contribution in [0.2, 0.25) is 0 Å². The Hall–Kier alpha value is -1.73. The van der Waals surface area contributed by atoms with Gasteiger partial charge in [-0.3, -0.25) is 0 Å². The Morgan fingerprint density at radius 1 is 1.50 bits per heavy atom. The van der Waals surface area contributed by atoms with Crippen molar-refractivity contribution in [2.75, 3.05) is 25.6 Å². The van der Waals surface area contributed by atoms with Crippen molar-refractivity contribution < 1.29 is 19.7 Å². The first-order valence-corrected chi connectivity index (χ1v) is 5.47. The predicted octanol–water partition coefficient (Wildman–Crippen LogP) is 0.374. The Balaban J connectivity index is 2.50. The maximum Gasteiger partial charge on any atom is 0.356 e. The number of carboxylic acids is 1. The molecule has 1 heterocycles. The highest BCUT2D eigenvalue weighted by molar-refractivity contribution is 5.85. The second kappa shape index (κ2) is 6.27. The molecule has 0 aliphatic heterocycles. The molecule has 7 nitrogen and oxygen atoms in total. The monoisotopic (exact) mass is 255 g/mol. The van der Waals surface area contributed by atoms with Crippen LogP contribution in [0.3, 0.4) is 0 Å². The van der Waals surface area contributed by atoms with Crippen molar-refractivity contribution in [1.29, 1.82) is 0 Å². The van der Waals surface area contributed by atoms with Gasteiger partial charge < -0.3 is 20.3 Å². The fraction of sp³-hybridized carbons (Fsp3) is 0.545. The summed E-state index contributed by atoms with van der Waals surface area (Å²) in [5.74, 6) is -0.709. The van der Waals surface area contributed by atoms with Gasteiger partial charge in [0, 0.05) is 26.7 Å². The quantitative estimate of drug-likeness (QED) is 0.646. The third-order valence-electron chi connectivity index (χ3n) is 2.38. The summed E-state index contributed by atoms with van der Waals surface area (Å²) in [5, 5.41) is 28.7. The van der Waals surface area contributed by atoms with E-state index in [-0.39, 0.29) is 12.2 Å². The summed E-state index contributed by atoms with van der Waals surface area (Å²) in [5.41, 5.74) is -1.05. The summed E-state index contributed by atoms with van der Waals surface area (Å²) < 4.78 is 4.89. The molecule has 18 heavy (non-hydrogen) atoms. The van der Waals surface area contributed by atoms with Crippen LogP contribution in [0.1, 0.15) is 23.8 Å². The van der Waals surface area contributed by atoms with E-state index in [0.29, 0.717) is 18.8 Å². The number of aromatic nitrogens is 2. The molecular weight excluding hydrogens is 238 g/mol. The smallest absolute Gasteiger partial charge is 0.356 e. The molecule has 0 aliphatic carbocycles. The van der Waals surface area contributed by atoms with Gasteiger partial charge in [-0.2, -0.15) is 0 Å². The number of anilines is 1. The molecule has 0 saturated heterocycles. The first-order valence-electron chi connectivity index (χ1n) is 5.47. The average Bonchev–Trinajstić information content (AvgIpc) is 2.35. The molecule has 0 bridgehead atoms. The number of hydrogen-bond acceptors (Lipinski definition) is 6. The van der Waals surface area contributed by atoms with Crippen molar-refractivity contribution in [3.05, 3.63) is 17.8 Å². The molecule has 0 saturated carbocycles. The summed E-state index contributed by atoms with van der Waals surface area (Å²) in [4.78, 5) is 10.6. The first-order chi connectivity index (χ1) is 8.44. The largest absolute Gasteiger partial charge is 0.476 e. The van der Waals surface area contributed by atoms with Gasteiger partial charge in [-0.05, 0) is 19.1 Å². The zero-order chi connectivity index (χ0) is 13.6. The number of carboxylic acid groups (broad SMARTS) is 1. The van der Waals surface area contributed by atoms with Gasteiger partial charge in [0.2, 0.25) is 0 Å². The van der Waals surface area contributed by atoms with E-state index in [2.05, 4.69) is 15.5 Å². The number of nitrogens with zero attached hydrogens (tertiary/aromatic N) is 2. The topological polar surface area (TPSA) is 105 Å². The van der Waals surface area contributed by atoms with Crippen molar-refractivity contribution in [1.82, 2.24) is 10.2 Å². The molecule has 3 N–H and O–H groups in total. The minimum atomic E-state index is -1.12.